The summed E-state index contributed by atoms with van der Waals surface area (Å²) >= 11 is 0. The van der Waals surface area contributed by atoms with Gasteiger partial charge in [0.15, 0.2) is 0 Å². The molecule has 0 radical (unpaired) electrons. The number of nitro benzene ring substituents is 1. The van der Waals surface area contributed by atoms with Gasteiger partial charge in [0.05, 0.1) is 21.2 Å². The Kier molecular flexibility index (Phi) is 5.26. The first kappa shape index (κ1) is 20.3. The van der Waals surface area contributed by atoms with Crippen LogP contribution in [-0.2, 0) is 10.0 Å². The maximum atomic E-state index is 13.5. The van der Waals surface area contributed by atoms with Crippen LogP contribution in [0.5, 0.6) is 0 Å². The zero-order chi connectivity index (χ0) is 22.0. The molecule has 31 heavy (non-hydrogen) atoms. The van der Waals surface area contributed by atoms with Crippen LogP contribution >= 0.6 is 0 Å². The molecule has 0 fully saturated rings. The van der Waals surface area contributed by atoms with Gasteiger partial charge < -0.3 is 4.90 Å². The summed E-state index contributed by atoms with van der Waals surface area (Å²) in [5, 5.41) is 12.4. The van der Waals surface area contributed by atoms with Gasteiger partial charge in [-0.2, -0.15) is 0 Å². The number of benzene rings is 3. The predicted octanol–water partition coefficient (Wildman–Crippen LogP) is 4.45. The molecule has 3 aromatic rings. The summed E-state index contributed by atoms with van der Waals surface area (Å²) in [7, 11) is -2.60. The highest BCUT2D eigenvalue weighted by atomic mass is 32.2. The molecule has 0 bridgehead atoms. The van der Waals surface area contributed by atoms with Crippen molar-refractivity contribution in [3.05, 3.63) is 95.5 Å². The van der Waals surface area contributed by atoms with Gasteiger partial charge in [-0.25, -0.2) is 8.42 Å². The van der Waals surface area contributed by atoms with E-state index in [1.165, 1.54) is 31.3 Å². The van der Waals surface area contributed by atoms with Gasteiger partial charge in [-0.3, -0.25) is 19.4 Å². The summed E-state index contributed by atoms with van der Waals surface area (Å²) in [6.45, 7) is 0. The molecule has 0 aromatic heterocycles. The molecule has 8 nitrogen and oxygen atoms in total. The lowest BCUT2D eigenvalue weighted by Crippen LogP contribution is -2.27. The zero-order valence-corrected chi connectivity index (χ0v) is 17.3. The van der Waals surface area contributed by atoms with Crippen LogP contribution < -0.4 is 9.21 Å². The lowest BCUT2D eigenvalue weighted by molar-refractivity contribution is -0.384. The minimum atomic E-state index is -3.98. The van der Waals surface area contributed by atoms with Gasteiger partial charge in [0, 0.05) is 54.8 Å². The molecule has 3 aromatic carbocycles. The van der Waals surface area contributed by atoms with E-state index in [1.54, 1.807) is 49.0 Å². The van der Waals surface area contributed by atoms with E-state index in [4.69, 9.17) is 0 Å². The molecule has 0 N–H and O–H groups in total. The van der Waals surface area contributed by atoms with Crippen molar-refractivity contribution in [3.63, 3.8) is 0 Å². The van der Waals surface area contributed by atoms with Crippen molar-refractivity contribution in [2.24, 2.45) is 4.99 Å². The van der Waals surface area contributed by atoms with E-state index < -0.39 is 14.9 Å². The minimum absolute atomic E-state index is 0.111. The summed E-state index contributed by atoms with van der Waals surface area (Å²) in [5.74, 6) is 0. The Hall–Kier alpha value is -3.98. The second kappa shape index (κ2) is 8.04. The maximum Gasteiger partial charge on any atom is 0.271 e. The van der Waals surface area contributed by atoms with Crippen LogP contribution in [0, 0.1) is 10.1 Å². The molecule has 0 atom stereocenters. The molecule has 1 aliphatic heterocycles. The first-order chi connectivity index (χ1) is 14.9. The van der Waals surface area contributed by atoms with Gasteiger partial charge in [0.1, 0.15) is 0 Å². The SMILES string of the molecule is CN(c1cccc([N+](=O)[O-])c1)S(=O)(=O)c1ccc(N2C=CC=NC=C2)c2ccccc12. The lowest BCUT2D eigenvalue weighted by Gasteiger charge is -2.23. The van der Waals surface area contributed by atoms with Crippen LogP contribution in [0.2, 0.25) is 0 Å². The molecule has 0 spiro atoms. The van der Waals surface area contributed by atoms with Gasteiger partial charge in [-0.1, -0.05) is 30.3 Å². The average Bonchev–Trinajstić information content (AvgIpc) is 3.07. The van der Waals surface area contributed by atoms with E-state index >= 15 is 0 Å². The molecular formula is C22H18N4O4S. The summed E-state index contributed by atoms with van der Waals surface area (Å²) < 4.78 is 28.0. The van der Waals surface area contributed by atoms with Crippen molar-refractivity contribution in [1.82, 2.24) is 0 Å². The van der Waals surface area contributed by atoms with E-state index in [-0.39, 0.29) is 16.3 Å². The van der Waals surface area contributed by atoms with Crippen molar-refractivity contribution in [2.45, 2.75) is 4.90 Å². The van der Waals surface area contributed by atoms with Crippen molar-refractivity contribution >= 4 is 44.1 Å². The Balaban J connectivity index is 1.83. The summed E-state index contributed by atoms with van der Waals surface area (Å²) in [6, 6.07) is 16.0. The van der Waals surface area contributed by atoms with Crippen LogP contribution in [0.25, 0.3) is 10.8 Å². The molecule has 156 valence electrons. The second-order valence-electron chi connectivity index (χ2n) is 6.72. The number of nitrogens with zero attached hydrogens (tertiary/aromatic N) is 4. The topological polar surface area (TPSA) is 96.1 Å². The quantitative estimate of drug-likeness (QED) is 0.437. The molecule has 0 saturated carbocycles. The Morgan fingerprint density at radius 1 is 1.00 bits per heavy atom. The number of aliphatic imine (C=N–C) groups is 1. The van der Waals surface area contributed by atoms with Gasteiger partial charge in [0.25, 0.3) is 15.7 Å². The number of anilines is 2. The average molecular weight is 434 g/mol. The number of fused-ring (bicyclic) bond motifs is 1. The lowest BCUT2D eigenvalue weighted by atomic mass is 10.1. The van der Waals surface area contributed by atoms with E-state index in [9.17, 15) is 18.5 Å². The number of sulfonamides is 1. The van der Waals surface area contributed by atoms with Crippen molar-refractivity contribution in [1.29, 1.82) is 0 Å². The maximum absolute atomic E-state index is 13.5. The number of non-ortho nitro benzene ring substituents is 1. The fourth-order valence-electron chi connectivity index (χ4n) is 3.35. The number of hydrogen-bond donors (Lipinski definition) is 0. The third-order valence-electron chi connectivity index (χ3n) is 4.91. The first-order valence-electron chi connectivity index (χ1n) is 9.30. The standard InChI is InChI=1S/C22H18N4O4S/c1-24(17-6-4-7-18(16-17)26(27)28)31(29,30)22-11-10-21(19-8-2-3-9-20(19)22)25-14-5-12-23-13-15-25/h2-16H,1H3. The summed E-state index contributed by atoms with van der Waals surface area (Å²) in [6.07, 6.45) is 8.71. The van der Waals surface area contributed by atoms with Crippen molar-refractivity contribution in [2.75, 3.05) is 16.3 Å². The molecular weight excluding hydrogens is 416 g/mol. The van der Waals surface area contributed by atoms with E-state index in [0.29, 0.717) is 5.39 Å². The molecule has 9 heteroatoms. The van der Waals surface area contributed by atoms with Gasteiger partial charge >= 0.3 is 0 Å². The number of rotatable bonds is 5. The Morgan fingerprint density at radius 2 is 1.77 bits per heavy atom. The normalized spacial score (nSPS) is 13.4. The van der Waals surface area contributed by atoms with Crippen LogP contribution in [-0.4, -0.2) is 26.6 Å². The van der Waals surface area contributed by atoms with E-state index in [0.717, 1.165) is 15.4 Å². The number of hydrogen-bond acceptors (Lipinski definition) is 6. The predicted molar refractivity (Wildman–Crippen MR) is 122 cm³/mol. The van der Waals surface area contributed by atoms with Crippen LogP contribution in [0.15, 0.2) is 95.2 Å². The van der Waals surface area contributed by atoms with Crippen LogP contribution in [0.4, 0.5) is 17.1 Å². The third-order valence-corrected chi connectivity index (χ3v) is 6.76. The fraction of sp³-hybridized carbons (Fsp3) is 0.0455. The largest absolute Gasteiger partial charge is 0.322 e. The summed E-state index contributed by atoms with van der Waals surface area (Å²) in [5.41, 5.74) is 0.824. The molecule has 0 aliphatic carbocycles. The number of nitro groups is 1. The monoisotopic (exact) mass is 434 g/mol. The second-order valence-corrected chi connectivity index (χ2v) is 8.66. The van der Waals surface area contributed by atoms with Crippen molar-refractivity contribution < 1.29 is 13.3 Å². The fourth-order valence-corrected chi connectivity index (χ4v) is 4.73. The minimum Gasteiger partial charge on any atom is -0.322 e. The highest BCUT2D eigenvalue weighted by Crippen LogP contribution is 2.35. The van der Waals surface area contributed by atoms with Gasteiger partial charge in [-0.05, 0) is 24.3 Å². The van der Waals surface area contributed by atoms with E-state index in [1.807, 2.05) is 23.2 Å². The zero-order valence-electron chi connectivity index (χ0n) is 16.5. The molecule has 4 rings (SSSR count). The van der Waals surface area contributed by atoms with Gasteiger partial charge in [0.2, 0.25) is 0 Å². The molecule has 0 unspecified atom stereocenters. The highest BCUT2D eigenvalue weighted by molar-refractivity contribution is 7.93. The van der Waals surface area contributed by atoms with Crippen molar-refractivity contribution in [3.8, 4) is 0 Å². The molecule has 1 heterocycles. The molecule has 1 aliphatic rings. The van der Waals surface area contributed by atoms with Crippen LogP contribution in [0.1, 0.15) is 0 Å². The number of allylic oxidation sites excluding steroid dienone is 1. The van der Waals surface area contributed by atoms with E-state index in [2.05, 4.69) is 4.99 Å². The Bertz CT molecular complexity index is 1350. The third kappa shape index (κ3) is 3.78. The first-order valence-corrected chi connectivity index (χ1v) is 10.7. The Labute approximate surface area is 179 Å². The Morgan fingerprint density at radius 3 is 2.55 bits per heavy atom. The smallest absolute Gasteiger partial charge is 0.271 e. The highest BCUT2D eigenvalue weighted by Gasteiger charge is 2.25. The molecule has 0 saturated heterocycles. The van der Waals surface area contributed by atoms with Crippen LogP contribution in [0.3, 0.4) is 0 Å². The summed E-state index contributed by atoms with van der Waals surface area (Å²) in [4.78, 5) is 16.6. The molecule has 0 amide bonds. The van der Waals surface area contributed by atoms with Gasteiger partial charge in [-0.15, -0.1) is 0 Å².